The van der Waals surface area contributed by atoms with E-state index >= 15 is 0 Å². The van der Waals surface area contributed by atoms with Gasteiger partial charge in [-0.25, -0.2) is 9.18 Å². The zero-order valence-corrected chi connectivity index (χ0v) is 19.4. The average molecular weight is 471 g/mol. The lowest BCUT2D eigenvalue weighted by Gasteiger charge is -2.17. The van der Waals surface area contributed by atoms with Crippen molar-refractivity contribution in [3.05, 3.63) is 100 Å². The quantitative estimate of drug-likeness (QED) is 0.315. The fourth-order valence-corrected chi connectivity index (χ4v) is 4.21. The minimum Gasteiger partial charge on any atom is -0.464 e. The molecule has 35 heavy (non-hydrogen) atoms. The number of carbonyl (C=O) groups excluding carboxylic acids is 1. The maximum Gasteiger partial charge on any atom is 0.340 e. The van der Waals surface area contributed by atoms with Crippen LogP contribution in [0, 0.1) is 12.7 Å². The third kappa shape index (κ3) is 4.45. The van der Waals surface area contributed by atoms with E-state index in [9.17, 15) is 14.0 Å². The molecule has 0 bridgehead atoms. The summed E-state index contributed by atoms with van der Waals surface area (Å²) in [5, 5.41) is 1.53. The topological polar surface area (TPSA) is 76.6 Å². The molecule has 0 aliphatic heterocycles. The van der Waals surface area contributed by atoms with Crippen molar-refractivity contribution < 1.29 is 18.0 Å². The molecule has 0 spiro atoms. The molecule has 3 aromatic heterocycles. The lowest BCUT2D eigenvalue weighted by atomic mass is 9.99. The van der Waals surface area contributed by atoms with E-state index in [1.54, 1.807) is 42.6 Å². The smallest absolute Gasteiger partial charge is 0.340 e. The fraction of sp³-hybridized carbons (Fsp3) is 0.179. The summed E-state index contributed by atoms with van der Waals surface area (Å²) in [5.41, 5.74) is 3.94. The molecule has 2 aromatic carbocycles. The van der Waals surface area contributed by atoms with Gasteiger partial charge in [-0.1, -0.05) is 18.2 Å². The Labute approximate surface area is 200 Å². The van der Waals surface area contributed by atoms with Gasteiger partial charge in [-0.2, -0.15) is 0 Å². The number of amides is 1. The fourth-order valence-electron chi connectivity index (χ4n) is 4.21. The van der Waals surface area contributed by atoms with Crippen LogP contribution in [0.15, 0.2) is 80.7 Å². The molecule has 5 aromatic rings. The summed E-state index contributed by atoms with van der Waals surface area (Å²) in [7, 11) is 1.72. The molecule has 6 nitrogen and oxygen atoms in total. The molecule has 0 aliphatic rings. The van der Waals surface area contributed by atoms with Crippen LogP contribution in [-0.2, 0) is 17.6 Å². The summed E-state index contributed by atoms with van der Waals surface area (Å²) in [4.78, 5) is 31.5. The van der Waals surface area contributed by atoms with Gasteiger partial charge in [-0.3, -0.25) is 9.78 Å². The Kier molecular flexibility index (Phi) is 5.91. The molecule has 0 saturated carbocycles. The first kappa shape index (κ1) is 22.5. The van der Waals surface area contributed by atoms with Crippen LogP contribution in [0.25, 0.3) is 33.1 Å². The molecule has 3 heterocycles. The number of likely N-dealkylation sites (N-methyl/N-ethyl adjacent to an activating group) is 1. The first-order chi connectivity index (χ1) is 16.9. The van der Waals surface area contributed by atoms with Gasteiger partial charge in [0.2, 0.25) is 5.91 Å². The molecule has 0 fully saturated rings. The number of pyridine rings is 1. The van der Waals surface area contributed by atoms with Crippen molar-refractivity contribution >= 4 is 27.8 Å². The van der Waals surface area contributed by atoms with Gasteiger partial charge >= 0.3 is 5.63 Å². The lowest BCUT2D eigenvalue weighted by molar-refractivity contribution is -0.129. The van der Waals surface area contributed by atoms with E-state index in [1.165, 1.54) is 12.1 Å². The van der Waals surface area contributed by atoms with Crippen LogP contribution in [0.2, 0.25) is 0 Å². The first-order valence-electron chi connectivity index (χ1n) is 11.3. The van der Waals surface area contributed by atoms with E-state index in [0.29, 0.717) is 35.3 Å². The van der Waals surface area contributed by atoms with Crippen LogP contribution in [0.1, 0.15) is 16.8 Å². The second-order valence-corrected chi connectivity index (χ2v) is 8.56. The van der Waals surface area contributed by atoms with E-state index in [2.05, 4.69) is 4.98 Å². The summed E-state index contributed by atoms with van der Waals surface area (Å²) in [5.74, 6) is -0.490. The Morgan fingerprint density at radius 3 is 2.60 bits per heavy atom. The van der Waals surface area contributed by atoms with Gasteiger partial charge in [0.1, 0.15) is 17.0 Å². The van der Waals surface area contributed by atoms with E-state index in [1.807, 2.05) is 31.2 Å². The highest BCUT2D eigenvalue weighted by Gasteiger charge is 2.19. The van der Waals surface area contributed by atoms with Crippen LogP contribution >= 0.6 is 0 Å². The van der Waals surface area contributed by atoms with Crippen LogP contribution < -0.4 is 5.63 Å². The molecule has 0 radical (unpaired) electrons. The first-order valence-corrected chi connectivity index (χ1v) is 11.3. The number of carbonyl (C=O) groups is 1. The van der Waals surface area contributed by atoms with Crippen molar-refractivity contribution in [2.45, 2.75) is 19.8 Å². The highest BCUT2D eigenvalue weighted by atomic mass is 19.1. The third-order valence-electron chi connectivity index (χ3n) is 6.32. The summed E-state index contributed by atoms with van der Waals surface area (Å²) >= 11 is 0. The number of hydrogen-bond donors (Lipinski definition) is 0. The van der Waals surface area contributed by atoms with Crippen molar-refractivity contribution in [1.82, 2.24) is 9.88 Å². The highest BCUT2D eigenvalue weighted by molar-refractivity contribution is 6.02. The molecule has 1 amide bonds. The SMILES string of the molecule is Cc1c(CC(=O)N(C)CCc2ccccn2)c(=O)oc2cc3occ(-c4ccc(F)cc4)c3cc12. The summed E-state index contributed by atoms with van der Waals surface area (Å²) in [6.07, 6.45) is 3.89. The molecule has 0 saturated heterocycles. The minimum absolute atomic E-state index is 0.0585. The van der Waals surface area contributed by atoms with Crippen LogP contribution in [0.5, 0.6) is 0 Å². The van der Waals surface area contributed by atoms with Gasteiger partial charge in [0.15, 0.2) is 0 Å². The predicted molar refractivity (Wildman–Crippen MR) is 132 cm³/mol. The van der Waals surface area contributed by atoms with E-state index in [-0.39, 0.29) is 18.1 Å². The molecular formula is C28H23FN2O4. The van der Waals surface area contributed by atoms with Crippen molar-refractivity contribution in [3.8, 4) is 11.1 Å². The number of furan rings is 1. The Morgan fingerprint density at radius 2 is 1.86 bits per heavy atom. The van der Waals surface area contributed by atoms with Crippen LogP contribution in [-0.4, -0.2) is 29.4 Å². The summed E-state index contributed by atoms with van der Waals surface area (Å²) in [6, 6.07) is 15.4. The van der Waals surface area contributed by atoms with Gasteiger partial charge in [0.05, 0.1) is 18.2 Å². The van der Waals surface area contributed by atoms with E-state index < -0.39 is 5.63 Å². The van der Waals surface area contributed by atoms with E-state index in [4.69, 9.17) is 8.83 Å². The average Bonchev–Trinajstić information content (AvgIpc) is 3.28. The number of nitrogens with zero attached hydrogens (tertiary/aromatic N) is 2. The lowest BCUT2D eigenvalue weighted by Crippen LogP contribution is -2.32. The van der Waals surface area contributed by atoms with Crippen molar-refractivity contribution in [3.63, 3.8) is 0 Å². The second kappa shape index (κ2) is 9.18. The number of aromatic nitrogens is 1. The third-order valence-corrected chi connectivity index (χ3v) is 6.32. The van der Waals surface area contributed by atoms with Gasteiger partial charge < -0.3 is 13.7 Å². The zero-order valence-electron chi connectivity index (χ0n) is 19.4. The molecule has 0 aliphatic carbocycles. The zero-order chi connectivity index (χ0) is 24.5. The molecule has 0 N–H and O–H groups in total. The largest absolute Gasteiger partial charge is 0.464 e. The predicted octanol–water partition coefficient (Wildman–Crippen LogP) is 5.29. The number of benzene rings is 2. The number of halogens is 1. The minimum atomic E-state index is -0.536. The van der Waals surface area contributed by atoms with Gasteiger partial charge in [0, 0.05) is 54.3 Å². The van der Waals surface area contributed by atoms with Gasteiger partial charge in [0.25, 0.3) is 0 Å². The van der Waals surface area contributed by atoms with Crippen molar-refractivity contribution in [2.24, 2.45) is 0 Å². The monoisotopic (exact) mass is 470 g/mol. The second-order valence-electron chi connectivity index (χ2n) is 8.56. The molecule has 0 atom stereocenters. The molecule has 176 valence electrons. The molecular weight excluding hydrogens is 447 g/mol. The van der Waals surface area contributed by atoms with E-state index in [0.717, 1.165) is 27.6 Å². The number of aryl methyl sites for hydroxylation is 1. The maximum absolute atomic E-state index is 13.4. The van der Waals surface area contributed by atoms with Gasteiger partial charge in [-0.05, 0) is 48.4 Å². The number of fused-ring (bicyclic) bond motifs is 2. The number of rotatable bonds is 6. The summed E-state index contributed by atoms with van der Waals surface area (Å²) in [6.45, 7) is 2.31. The highest BCUT2D eigenvalue weighted by Crippen LogP contribution is 2.34. The molecule has 0 unspecified atom stereocenters. The maximum atomic E-state index is 13.4. The Morgan fingerprint density at radius 1 is 1.06 bits per heavy atom. The standard InChI is InChI=1S/C28H23FN2O4/c1-17-21-13-23-24(18-6-8-19(29)9-7-18)16-34-25(23)15-26(21)35-28(33)22(17)14-27(32)31(2)12-10-20-5-3-4-11-30-20/h3-9,11,13,15-16H,10,12,14H2,1-2H3. The molecule has 5 rings (SSSR count). The number of hydrogen-bond acceptors (Lipinski definition) is 5. The normalized spacial score (nSPS) is 11.3. The van der Waals surface area contributed by atoms with Crippen molar-refractivity contribution in [2.75, 3.05) is 13.6 Å². The Balaban J connectivity index is 1.46. The van der Waals surface area contributed by atoms with Gasteiger partial charge in [-0.15, -0.1) is 0 Å². The van der Waals surface area contributed by atoms with Crippen molar-refractivity contribution in [1.29, 1.82) is 0 Å². The Hall–Kier alpha value is -4.26. The Bertz CT molecular complexity index is 1590. The van der Waals surface area contributed by atoms with Crippen LogP contribution in [0.4, 0.5) is 4.39 Å². The molecule has 7 heteroatoms. The summed E-state index contributed by atoms with van der Waals surface area (Å²) < 4.78 is 24.6. The van der Waals surface area contributed by atoms with Crippen LogP contribution in [0.3, 0.4) is 0 Å².